The Bertz CT molecular complexity index is 585. The molecule has 0 aromatic heterocycles. The van der Waals surface area contributed by atoms with Gasteiger partial charge in [0.05, 0.1) is 0 Å². The first-order chi connectivity index (χ1) is 9.15. The molecular formula is C16H14F2O. The molecule has 3 heteroatoms. The van der Waals surface area contributed by atoms with Crippen LogP contribution in [0.3, 0.4) is 0 Å². The summed E-state index contributed by atoms with van der Waals surface area (Å²) in [4.78, 5) is 0. The Morgan fingerprint density at radius 1 is 1.00 bits per heavy atom. The second-order valence-corrected chi connectivity index (χ2v) is 5.01. The third-order valence-electron chi connectivity index (χ3n) is 3.51. The van der Waals surface area contributed by atoms with E-state index in [1.807, 2.05) is 24.3 Å². The summed E-state index contributed by atoms with van der Waals surface area (Å²) < 4.78 is 26.4. The summed E-state index contributed by atoms with van der Waals surface area (Å²) in [6, 6.07) is 10.7. The number of aliphatic hydroxyl groups is 1. The Morgan fingerprint density at radius 3 is 2.26 bits per heavy atom. The van der Waals surface area contributed by atoms with E-state index >= 15 is 0 Å². The summed E-state index contributed by atoms with van der Waals surface area (Å²) in [7, 11) is 0. The maximum atomic E-state index is 13.2. The van der Waals surface area contributed by atoms with Crippen molar-refractivity contribution in [3.63, 3.8) is 0 Å². The third-order valence-corrected chi connectivity index (χ3v) is 3.51. The molecule has 0 radical (unpaired) electrons. The maximum Gasteiger partial charge on any atom is 0.126 e. The Hall–Kier alpha value is -1.74. The smallest absolute Gasteiger partial charge is 0.126 e. The van der Waals surface area contributed by atoms with Gasteiger partial charge in [0, 0.05) is 6.07 Å². The second-order valence-electron chi connectivity index (χ2n) is 5.01. The van der Waals surface area contributed by atoms with Gasteiger partial charge in [-0.05, 0) is 47.6 Å². The van der Waals surface area contributed by atoms with Crippen LogP contribution in [0.25, 0.3) is 0 Å². The topological polar surface area (TPSA) is 20.2 Å². The molecule has 3 rings (SSSR count). The largest absolute Gasteiger partial charge is 0.384 e. The summed E-state index contributed by atoms with van der Waals surface area (Å²) in [6.07, 6.45) is 1.24. The van der Waals surface area contributed by atoms with Crippen LogP contribution >= 0.6 is 0 Å². The number of benzene rings is 2. The SMILES string of the molecule is OC(c1cc(F)cc(F)c1)c1ccccc1C1CC1. The van der Waals surface area contributed by atoms with E-state index in [2.05, 4.69) is 0 Å². The van der Waals surface area contributed by atoms with Crippen LogP contribution in [0.1, 0.15) is 41.6 Å². The zero-order chi connectivity index (χ0) is 13.4. The molecule has 19 heavy (non-hydrogen) atoms. The van der Waals surface area contributed by atoms with Gasteiger partial charge in [-0.25, -0.2) is 8.78 Å². The van der Waals surface area contributed by atoms with Crippen molar-refractivity contribution in [1.29, 1.82) is 0 Å². The first-order valence-electron chi connectivity index (χ1n) is 6.38. The fraction of sp³-hybridized carbons (Fsp3) is 0.250. The lowest BCUT2D eigenvalue weighted by atomic mass is 9.94. The van der Waals surface area contributed by atoms with Gasteiger partial charge in [0.1, 0.15) is 17.7 Å². The van der Waals surface area contributed by atoms with Crippen molar-refractivity contribution in [1.82, 2.24) is 0 Å². The second kappa shape index (κ2) is 4.74. The van der Waals surface area contributed by atoms with Gasteiger partial charge in [0.25, 0.3) is 0 Å². The highest BCUT2D eigenvalue weighted by molar-refractivity contribution is 5.39. The van der Waals surface area contributed by atoms with Crippen LogP contribution in [-0.2, 0) is 0 Å². The zero-order valence-corrected chi connectivity index (χ0v) is 10.3. The van der Waals surface area contributed by atoms with E-state index in [4.69, 9.17) is 0 Å². The highest BCUT2D eigenvalue weighted by Crippen LogP contribution is 2.43. The molecule has 1 N–H and O–H groups in total. The van der Waals surface area contributed by atoms with Crippen LogP contribution in [0.5, 0.6) is 0 Å². The van der Waals surface area contributed by atoms with Crippen molar-refractivity contribution < 1.29 is 13.9 Å². The minimum atomic E-state index is -0.984. The van der Waals surface area contributed by atoms with Crippen LogP contribution in [0.15, 0.2) is 42.5 Å². The van der Waals surface area contributed by atoms with Crippen LogP contribution in [0.2, 0.25) is 0 Å². The molecule has 0 spiro atoms. The molecule has 1 aliphatic rings. The maximum absolute atomic E-state index is 13.2. The Labute approximate surface area is 110 Å². The summed E-state index contributed by atoms with van der Waals surface area (Å²) in [5.41, 5.74) is 2.08. The van der Waals surface area contributed by atoms with E-state index in [0.717, 1.165) is 30.0 Å². The molecular weight excluding hydrogens is 246 g/mol. The molecule has 0 aliphatic heterocycles. The summed E-state index contributed by atoms with van der Waals surface area (Å²) in [5.74, 6) is -0.861. The van der Waals surface area contributed by atoms with E-state index in [-0.39, 0.29) is 5.56 Å². The van der Waals surface area contributed by atoms with Gasteiger partial charge in [-0.2, -0.15) is 0 Å². The molecule has 2 aromatic carbocycles. The predicted octanol–water partition coefficient (Wildman–Crippen LogP) is 3.92. The van der Waals surface area contributed by atoms with Gasteiger partial charge in [0.2, 0.25) is 0 Å². The Balaban J connectivity index is 2.01. The molecule has 0 bridgehead atoms. The Kier molecular flexibility index (Phi) is 3.07. The van der Waals surface area contributed by atoms with Crippen molar-refractivity contribution in [2.24, 2.45) is 0 Å². The monoisotopic (exact) mass is 260 g/mol. The average Bonchev–Trinajstić information content (AvgIpc) is 3.21. The van der Waals surface area contributed by atoms with Gasteiger partial charge in [-0.1, -0.05) is 24.3 Å². The van der Waals surface area contributed by atoms with E-state index in [1.165, 1.54) is 12.1 Å². The zero-order valence-electron chi connectivity index (χ0n) is 10.3. The first kappa shape index (κ1) is 12.3. The summed E-state index contributed by atoms with van der Waals surface area (Å²) in [6.45, 7) is 0. The van der Waals surface area contributed by atoms with Crippen molar-refractivity contribution in [3.8, 4) is 0 Å². The van der Waals surface area contributed by atoms with E-state index in [1.54, 1.807) is 0 Å². The van der Waals surface area contributed by atoms with E-state index in [9.17, 15) is 13.9 Å². The minimum absolute atomic E-state index is 0.255. The normalized spacial score (nSPS) is 16.4. The number of rotatable bonds is 3. The lowest BCUT2D eigenvalue weighted by Crippen LogP contribution is -2.04. The molecule has 1 fully saturated rings. The lowest BCUT2D eigenvalue weighted by Gasteiger charge is -2.16. The lowest BCUT2D eigenvalue weighted by molar-refractivity contribution is 0.218. The van der Waals surface area contributed by atoms with Gasteiger partial charge in [0.15, 0.2) is 0 Å². The number of aliphatic hydroxyl groups excluding tert-OH is 1. The molecule has 1 nitrogen and oxygen atoms in total. The fourth-order valence-corrected chi connectivity index (χ4v) is 2.44. The van der Waals surface area contributed by atoms with Gasteiger partial charge >= 0.3 is 0 Å². The third kappa shape index (κ3) is 2.51. The number of hydrogen-bond donors (Lipinski definition) is 1. The van der Waals surface area contributed by atoms with E-state index < -0.39 is 17.7 Å². The van der Waals surface area contributed by atoms with E-state index in [0.29, 0.717) is 5.92 Å². The summed E-state index contributed by atoms with van der Waals surface area (Å²) >= 11 is 0. The number of hydrogen-bond acceptors (Lipinski definition) is 1. The van der Waals surface area contributed by atoms with Crippen LogP contribution in [-0.4, -0.2) is 5.11 Å². The fourth-order valence-electron chi connectivity index (χ4n) is 2.44. The van der Waals surface area contributed by atoms with Gasteiger partial charge < -0.3 is 5.11 Å². The molecule has 1 atom stereocenters. The van der Waals surface area contributed by atoms with Crippen molar-refractivity contribution in [2.75, 3.05) is 0 Å². The van der Waals surface area contributed by atoms with Crippen LogP contribution in [0, 0.1) is 11.6 Å². The molecule has 98 valence electrons. The van der Waals surface area contributed by atoms with Crippen molar-refractivity contribution >= 4 is 0 Å². The highest BCUT2D eigenvalue weighted by Gasteiger charge is 2.28. The molecule has 1 saturated carbocycles. The molecule has 0 amide bonds. The van der Waals surface area contributed by atoms with Crippen molar-refractivity contribution in [2.45, 2.75) is 24.9 Å². The molecule has 2 aromatic rings. The number of halogens is 2. The quantitative estimate of drug-likeness (QED) is 0.886. The first-order valence-corrected chi connectivity index (χ1v) is 6.38. The molecule has 1 aliphatic carbocycles. The average molecular weight is 260 g/mol. The minimum Gasteiger partial charge on any atom is -0.384 e. The van der Waals surface area contributed by atoms with Gasteiger partial charge in [-0.15, -0.1) is 0 Å². The summed E-state index contributed by atoms with van der Waals surface area (Å²) in [5, 5.41) is 10.4. The molecule has 1 unspecified atom stereocenters. The van der Waals surface area contributed by atoms with Gasteiger partial charge in [-0.3, -0.25) is 0 Å². The molecule has 0 saturated heterocycles. The van der Waals surface area contributed by atoms with Crippen molar-refractivity contribution in [3.05, 3.63) is 70.8 Å². The standard InChI is InChI=1S/C16H14F2O/c17-12-7-11(8-13(18)9-12)16(19)15-4-2-1-3-14(15)10-5-6-10/h1-4,7-10,16,19H,5-6H2. The highest BCUT2D eigenvalue weighted by atomic mass is 19.1. The Morgan fingerprint density at radius 2 is 1.63 bits per heavy atom. The predicted molar refractivity (Wildman–Crippen MR) is 68.8 cm³/mol. The molecule has 0 heterocycles. The van der Waals surface area contributed by atoms with Crippen LogP contribution < -0.4 is 0 Å². The van der Waals surface area contributed by atoms with Crippen LogP contribution in [0.4, 0.5) is 8.78 Å².